The minimum atomic E-state index is -4.73. The van der Waals surface area contributed by atoms with E-state index in [4.69, 9.17) is 9.47 Å². The molecule has 0 spiro atoms. The van der Waals surface area contributed by atoms with Gasteiger partial charge in [-0.15, -0.1) is 25.6 Å². The van der Waals surface area contributed by atoms with Gasteiger partial charge in [-0.2, -0.15) is 15.0 Å². The number of hydrogen-bond acceptors (Lipinski definition) is 9. The Labute approximate surface area is 182 Å². The van der Waals surface area contributed by atoms with Gasteiger partial charge in [-0.3, -0.25) is 0 Å². The molecule has 170 valence electrons. The van der Waals surface area contributed by atoms with Crippen LogP contribution in [0.25, 0.3) is 0 Å². The number of alkyl halides is 3. The Balaban J connectivity index is 0.00000272. The second-order valence-electron chi connectivity index (χ2n) is 6.66. The van der Waals surface area contributed by atoms with Gasteiger partial charge in [0.2, 0.25) is 17.8 Å². The second kappa shape index (κ2) is 10.2. The number of morpholine rings is 2. The summed E-state index contributed by atoms with van der Waals surface area (Å²) in [5.74, 6) is 1.05. The summed E-state index contributed by atoms with van der Waals surface area (Å²) in [5.41, 5.74) is 0.525. The molecule has 31 heavy (non-hydrogen) atoms. The number of aromatic nitrogens is 3. The molecule has 2 saturated heterocycles. The minimum Gasteiger partial charge on any atom is -0.406 e. The molecule has 9 nitrogen and oxygen atoms in total. The van der Waals surface area contributed by atoms with Crippen LogP contribution in [0, 0.1) is 0 Å². The van der Waals surface area contributed by atoms with E-state index in [1.807, 2.05) is 9.80 Å². The fourth-order valence-electron chi connectivity index (χ4n) is 3.09. The molecule has 0 atom stereocenters. The average Bonchev–Trinajstić information content (AvgIpc) is 2.75. The van der Waals surface area contributed by atoms with Gasteiger partial charge in [-0.05, 0) is 24.3 Å². The maximum Gasteiger partial charge on any atom is 0.573 e. The summed E-state index contributed by atoms with van der Waals surface area (Å²) in [6, 6.07) is 5.38. The van der Waals surface area contributed by atoms with E-state index in [-0.39, 0.29) is 18.2 Å². The van der Waals surface area contributed by atoms with E-state index in [1.165, 1.54) is 24.3 Å². The Kier molecular flexibility index (Phi) is 7.57. The van der Waals surface area contributed by atoms with Gasteiger partial charge in [0.15, 0.2) is 0 Å². The van der Waals surface area contributed by atoms with Crippen LogP contribution >= 0.6 is 12.4 Å². The van der Waals surface area contributed by atoms with Gasteiger partial charge >= 0.3 is 6.36 Å². The first-order chi connectivity index (χ1) is 14.5. The molecule has 0 aliphatic carbocycles. The molecule has 0 amide bonds. The Bertz CT molecular complexity index is 810. The van der Waals surface area contributed by atoms with E-state index in [9.17, 15) is 13.2 Å². The second-order valence-corrected chi connectivity index (χ2v) is 6.66. The highest BCUT2D eigenvalue weighted by Crippen LogP contribution is 2.26. The van der Waals surface area contributed by atoms with Gasteiger partial charge < -0.3 is 29.3 Å². The van der Waals surface area contributed by atoms with Crippen molar-refractivity contribution in [2.75, 3.05) is 67.7 Å². The summed E-state index contributed by atoms with van der Waals surface area (Å²) >= 11 is 0. The van der Waals surface area contributed by atoms with E-state index in [0.29, 0.717) is 76.1 Å². The normalized spacial score (nSPS) is 17.1. The van der Waals surface area contributed by atoms with Gasteiger partial charge in [-0.25, -0.2) is 0 Å². The summed E-state index contributed by atoms with van der Waals surface area (Å²) in [6.07, 6.45) is -4.73. The van der Waals surface area contributed by atoms with Crippen LogP contribution in [0.2, 0.25) is 0 Å². The van der Waals surface area contributed by atoms with E-state index >= 15 is 0 Å². The third kappa shape index (κ3) is 6.45. The SMILES string of the molecule is Cl.FC(F)(F)Oc1ccc(Nc2nc(N3CCOCC3)nc(N3CCOCC3)n2)cc1. The molecular formula is C18H22ClF3N6O3. The van der Waals surface area contributed by atoms with Crippen molar-refractivity contribution < 1.29 is 27.4 Å². The smallest absolute Gasteiger partial charge is 0.406 e. The molecule has 0 bridgehead atoms. The predicted octanol–water partition coefficient (Wildman–Crippen LogP) is 2.61. The molecule has 2 fully saturated rings. The van der Waals surface area contributed by atoms with Crippen molar-refractivity contribution in [1.29, 1.82) is 0 Å². The van der Waals surface area contributed by atoms with E-state index < -0.39 is 6.36 Å². The maximum absolute atomic E-state index is 12.3. The standard InChI is InChI=1S/C18H21F3N6O3.ClH/c19-18(20,21)30-14-3-1-13(2-4-14)22-15-23-16(26-5-9-28-10-6-26)25-17(24-15)27-7-11-29-12-8-27;/h1-4H,5-12H2,(H,22,23,24,25);1H. The quantitative estimate of drug-likeness (QED) is 0.720. The molecule has 1 aromatic carbocycles. The zero-order valence-corrected chi connectivity index (χ0v) is 17.3. The van der Waals surface area contributed by atoms with E-state index in [0.717, 1.165) is 0 Å². The van der Waals surface area contributed by atoms with Crippen molar-refractivity contribution in [3.63, 3.8) is 0 Å². The van der Waals surface area contributed by atoms with Crippen LogP contribution < -0.4 is 19.9 Å². The molecule has 1 N–H and O–H groups in total. The molecule has 4 rings (SSSR count). The molecule has 1 aromatic heterocycles. The molecule has 13 heteroatoms. The first kappa shape index (κ1) is 23.1. The van der Waals surface area contributed by atoms with Crippen LogP contribution in [-0.4, -0.2) is 73.9 Å². The van der Waals surface area contributed by atoms with Crippen LogP contribution in [0.15, 0.2) is 24.3 Å². The molecule has 2 aliphatic rings. The zero-order valence-electron chi connectivity index (χ0n) is 16.5. The number of hydrogen-bond donors (Lipinski definition) is 1. The van der Waals surface area contributed by atoms with Crippen molar-refractivity contribution in [2.45, 2.75) is 6.36 Å². The molecule has 0 radical (unpaired) electrons. The molecule has 2 aromatic rings. The number of anilines is 4. The van der Waals surface area contributed by atoms with Crippen molar-refractivity contribution >= 4 is 35.9 Å². The number of nitrogens with one attached hydrogen (secondary N) is 1. The Morgan fingerprint density at radius 2 is 1.29 bits per heavy atom. The molecule has 2 aliphatic heterocycles. The van der Waals surface area contributed by atoms with Crippen LogP contribution in [0.1, 0.15) is 0 Å². The van der Waals surface area contributed by atoms with Crippen molar-refractivity contribution in [2.24, 2.45) is 0 Å². The Morgan fingerprint density at radius 3 is 1.74 bits per heavy atom. The first-order valence-corrected chi connectivity index (χ1v) is 9.51. The van der Waals surface area contributed by atoms with Gasteiger partial charge in [0, 0.05) is 31.9 Å². The zero-order chi connectivity index (χ0) is 21.0. The highest BCUT2D eigenvalue weighted by molar-refractivity contribution is 5.85. The number of rotatable bonds is 5. The van der Waals surface area contributed by atoms with Gasteiger partial charge in [-0.1, -0.05) is 0 Å². The first-order valence-electron chi connectivity index (χ1n) is 9.51. The minimum absolute atomic E-state index is 0. The van der Waals surface area contributed by atoms with Crippen LogP contribution in [-0.2, 0) is 9.47 Å². The lowest BCUT2D eigenvalue weighted by molar-refractivity contribution is -0.274. The summed E-state index contributed by atoms with van der Waals surface area (Å²) in [7, 11) is 0. The highest BCUT2D eigenvalue weighted by Gasteiger charge is 2.31. The van der Waals surface area contributed by atoms with E-state index in [1.54, 1.807) is 0 Å². The molecule has 0 saturated carbocycles. The molecular weight excluding hydrogens is 441 g/mol. The monoisotopic (exact) mass is 462 g/mol. The number of nitrogens with zero attached hydrogens (tertiary/aromatic N) is 5. The van der Waals surface area contributed by atoms with Gasteiger partial charge in [0.25, 0.3) is 0 Å². The third-order valence-electron chi connectivity index (χ3n) is 4.54. The fraction of sp³-hybridized carbons (Fsp3) is 0.500. The summed E-state index contributed by atoms with van der Waals surface area (Å²) in [5, 5.41) is 3.04. The van der Waals surface area contributed by atoms with Crippen LogP contribution in [0.4, 0.5) is 36.7 Å². The van der Waals surface area contributed by atoms with Gasteiger partial charge in [0.05, 0.1) is 26.4 Å². The summed E-state index contributed by atoms with van der Waals surface area (Å²) in [4.78, 5) is 17.6. The number of ether oxygens (including phenoxy) is 3. The van der Waals surface area contributed by atoms with Crippen LogP contribution in [0.3, 0.4) is 0 Å². The lowest BCUT2D eigenvalue weighted by atomic mass is 10.3. The van der Waals surface area contributed by atoms with Crippen molar-refractivity contribution in [1.82, 2.24) is 15.0 Å². The fourth-order valence-corrected chi connectivity index (χ4v) is 3.09. The highest BCUT2D eigenvalue weighted by atomic mass is 35.5. The number of benzene rings is 1. The Hall–Kier alpha value is -2.57. The predicted molar refractivity (Wildman–Crippen MR) is 110 cm³/mol. The average molecular weight is 463 g/mol. The lowest BCUT2D eigenvalue weighted by Gasteiger charge is -2.30. The molecule has 0 unspecified atom stereocenters. The van der Waals surface area contributed by atoms with Crippen molar-refractivity contribution in [3.05, 3.63) is 24.3 Å². The lowest BCUT2D eigenvalue weighted by Crippen LogP contribution is -2.40. The third-order valence-corrected chi connectivity index (χ3v) is 4.54. The Morgan fingerprint density at radius 1 is 0.806 bits per heavy atom. The molecule has 3 heterocycles. The topological polar surface area (TPSA) is 84.9 Å². The number of halogens is 4. The van der Waals surface area contributed by atoms with Gasteiger partial charge in [0.1, 0.15) is 5.75 Å². The summed E-state index contributed by atoms with van der Waals surface area (Å²) < 4.78 is 51.7. The van der Waals surface area contributed by atoms with Crippen molar-refractivity contribution in [3.8, 4) is 5.75 Å². The largest absolute Gasteiger partial charge is 0.573 e. The maximum atomic E-state index is 12.3. The van der Waals surface area contributed by atoms with E-state index in [2.05, 4.69) is 25.0 Å². The van der Waals surface area contributed by atoms with Crippen LogP contribution in [0.5, 0.6) is 5.75 Å². The summed E-state index contributed by atoms with van der Waals surface area (Å²) in [6.45, 7) is 4.99.